The van der Waals surface area contributed by atoms with Crippen molar-refractivity contribution >= 4 is 5.78 Å². The van der Waals surface area contributed by atoms with Crippen LogP contribution in [-0.4, -0.2) is 25.8 Å². The van der Waals surface area contributed by atoms with Crippen molar-refractivity contribution in [2.24, 2.45) is 0 Å². The fourth-order valence-electron chi connectivity index (χ4n) is 0.900. The summed E-state index contributed by atoms with van der Waals surface area (Å²) in [5, 5.41) is 0. The van der Waals surface area contributed by atoms with Gasteiger partial charge in [-0.25, -0.2) is 0 Å². The Bertz CT molecular complexity index is 272. The molecule has 0 saturated carbocycles. The van der Waals surface area contributed by atoms with Gasteiger partial charge in [0.15, 0.2) is 5.76 Å². The zero-order chi connectivity index (χ0) is 9.90. The van der Waals surface area contributed by atoms with E-state index in [-0.39, 0.29) is 11.5 Å². The molecule has 0 unspecified atom stereocenters. The number of hydrogen-bond donors (Lipinski definition) is 0. The fraction of sp³-hybridized carbons (Fsp3) is 0.444. The Morgan fingerprint density at radius 1 is 1.46 bits per heavy atom. The second-order valence-corrected chi connectivity index (χ2v) is 2.66. The van der Waals surface area contributed by atoms with E-state index in [4.69, 9.17) is 13.9 Å². The van der Waals surface area contributed by atoms with Gasteiger partial charge in [-0.1, -0.05) is 0 Å². The van der Waals surface area contributed by atoms with Crippen LogP contribution in [0.15, 0.2) is 22.8 Å². The molecule has 0 aliphatic carbocycles. The predicted molar refractivity (Wildman–Crippen MR) is 45.5 cm³/mol. The van der Waals surface area contributed by atoms with E-state index in [1.54, 1.807) is 12.1 Å². The highest BCUT2D eigenvalue weighted by Gasteiger charge is 2.35. The lowest BCUT2D eigenvalue weighted by molar-refractivity contribution is -0.156. The lowest BCUT2D eigenvalue weighted by Crippen LogP contribution is -2.39. The third-order valence-corrected chi connectivity index (χ3v) is 1.94. The second-order valence-electron chi connectivity index (χ2n) is 2.66. The lowest BCUT2D eigenvalue weighted by atomic mass is 10.1. The Morgan fingerprint density at radius 3 is 2.46 bits per heavy atom. The van der Waals surface area contributed by atoms with E-state index in [0.29, 0.717) is 0 Å². The molecule has 0 aliphatic rings. The summed E-state index contributed by atoms with van der Waals surface area (Å²) in [4.78, 5) is 11.6. The topological polar surface area (TPSA) is 48.7 Å². The van der Waals surface area contributed by atoms with E-state index < -0.39 is 5.79 Å². The van der Waals surface area contributed by atoms with Crippen molar-refractivity contribution in [1.29, 1.82) is 0 Å². The van der Waals surface area contributed by atoms with Crippen LogP contribution in [0.25, 0.3) is 0 Å². The number of furan rings is 1. The van der Waals surface area contributed by atoms with Crippen LogP contribution in [0.4, 0.5) is 0 Å². The van der Waals surface area contributed by atoms with Gasteiger partial charge >= 0.3 is 0 Å². The number of ketones is 1. The Morgan fingerprint density at radius 2 is 2.08 bits per heavy atom. The molecule has 0 N–H and O–H groups in total. The Labute approximate surface area is 76.4 Å². The molecule has 0 amide bonds. The van der Waals surface area contributed by atoms with Gasteiger partial charge < -0.3 is 13.9 Å². The average Bonchev–Trinajstić information content (AvgIpc) is 2.68. The van der Waals surface area contributed by atoms with E-state index in [1.165, 1.54) is 27.4 Å². The summed E-state index contributed by atoms with van der Waals surface area (Å²) in [7, 11) is 2.81. The van der Waals surface area contributed by atoms with E-state index in [0.717, 1.165) is 0 Å². The monoisotopic (exact) mass is 184 g/mol. The Hall–Kier alpha value is -1.13. The van der Waals surface area contributed by atoms with Gasteiger partial charge in [0, 0.05) is 14.2 Å². The summed E-state index contributed by atoms with van der Waals surface area (Å²) >= 11 is 0. The summed E-state index contributed by atoms with van der Waals surface area (Å²) in [6, 6.07) is 3.21. The summed E-state index contributed by atoms with van der Waals surface area (Å²) < 4.78 is 14.8. The quantitative estimate of drug-likeness (QED) is 0.525. The zero-order valence-electron chi connectivity index (χ0n) is 7.87. The molecule has 0 aliphatic heterocycles. The van der Waals surface area contributed by atoms with Crippen LogP contribution in [-0.2, 0) is 9.47 Å². The Balaban J connectivity index is 2.89. The normalized spacial score (nSPS) is 11.6. The molecule has 72 valence electrons. The SMILES string of the molecule is COC(C)(OC)C(=O)c1ccco1. The molecule has 0 radical (unpaired) electrons. The maximum atomic E-state index is 11.6. The van der Waals surface area contributed by atoms with Gasteiger partial charge in [-0.15, -0.1) is 0 Å². The first-order chi connectivity index (χ1) is 6.14. The second kappa shape index (κ2) is 3.72. The minimum Gasteiger partial charge on any atom is -0.461 e. The maximum Gasteiger partial charge on any atom is 0.256 e. The third kappa shape index (κ3) is 1.79. The average molecular weight is 184 g/mol. The van der Waals surface area contributed by atoms with Crippen LogP contribution < -0.4 is 0 Å². The molecule has 1 heterocycles. The lowest BCUT2D eigenvalue weighted by Gasteiger charge is -2.23. The molecule has 0 aromatic carbocycles. The molecule has 1 aromatic rings. The van der Waals surface area contributed by atoms with Gasteiger partial charge in [-0.2, -0.15) is 0 Å². The van der Waals surface area contributed by atoms with Crippen LogP contribution in [0.2, 0.25) is 0 Å². The van der Waals surface area contributed by atoms with Gasteiger partial charge in [-0.3, -0.25) is 4.79 Å². The molecule has 0 bridgehead atoms. The van der Waals surface area contributed by atoms with Gasteiger partial charge in [-0.05, 0) is 19.1 Å². The highest BCUT2D eigenvalue weighted by Crippen LogP contribution is 2.17. The largest absolute Gasteiger partial charge is 0.461 e. The van der Waals surface area contributed by atoms with Gasteiger partial charge in [0.05, 0.1) is 6.26 Å². The molecule has 4 nitrogen and oxygen atoms in total. The molecule has 13 heavy (non-hydrogen) atoms. The van der Waals surface area contributed by atoms with Crippen molar-refractivity contribution in [3.63, 3.8) is 0 Å². The summed E-state index contributed by atoms with van der Waals surface area (Å²) in [5.41, 5.74) is 0. The predicted octanol–water partition coefficient (Wildman–Crippen LogP) is 1.47. The van der Waals surface area contributed by atoms with Crippen molar-refractivity contribution in [3.05, 3.63) is 24.2 Å². The molecule has 1 rings (SSSR count). The van der Waals surface area contributed by atoms with Crippen molar-refractivity contribution in [3.8, 4) is 0 Å². The van der Waals surface area contributed by atoms with Gasteiger partial charge in [0.2, 0.25) is 5.79 Å². The number of ether oxygens (including phenoxy) is 2. The summed E-state index contributed by atoms with van der Waals surface area (Å²) in [6.45, 7) is 1.54. The number of carbonyl (C=O) groups is 1. The minimum atomic E-state index is -1.27. The molecule has 0 spiro atoms. The zero-order valence-corrected chi connectivity index (χ0v) is 7.87. The smallest absolute Gasteiger partial charge is 0.256 e. The van der Waals surface area contributed by atoms with Crippen LogP contribution in [0.5, 0.6) is 0 Å². The van der Waals surface area contributed by atoms with Crippen LogP contribution in [0.3, 0.4) is 0 Å². The van der Waals surface area contributed by atoms with Crippen LogP contribution in [0, 0.1) is 0 Å². The van der Waals surface area contributed by atoms with Crippen LogP contribution in [0.1, 0.15) is 17.5 Å². The van der Waals surface area contributed by atoms with E-state index in [2.05, 4.69) is 0 Å². The highest BCUT2D eigenvalue weighted by molar-refractivity contribution is 5.98. The number of carbonyl (C=O) groups excluding carboxylic acids is 1. The molecule has 0 fully saturated rings. The Kier molecular flexibility index (Phi) is 2.85. The van der Waals surface area contributed by atoms with Crippen molar-refractivity contribution in [2.75, 3.05) is 14.2 Å². The number of rotatable bonds is 4. The summed E-state index contributed by atoms with van der Waals surface area (Å²) in [5.74, 6) is -1.37. The molecular formula is C9H12O4. The standard InChI is InChI=1S/C9H12O4/c1-9(11-2,12-3)8(10)7-5-4-6-13-7/h4-6H,1-3H3. The van der Waals surface area contributed by atoms with Crippen molar-refractivity contribution < 1.29 is 18.7 Å². The minimum absolute atomic E-state index is 0.228. The molecule has 0 atom stereocenters. The third-order valence-electron chi connectivity index (χ3n) is 1.94. The molecule has 1 aromatic heterocycles. The van der Waals surface area contributed by atoms with E-state index >= 15 is 0 Å². The maximum absolute atomic E-state index is 11.6. The number of methoxy groups -OCH3 is 2. The fourth-order valence-corrected chi connectivity index (χ4v) is 0.900. The molecule has 4 heteroatoms. The van der Waals surface area contributed by atoms with Crippen molar-refractivity contribution in [1.82, 2.24) is 0 Å². The number of hydrogen-bond acceptors (Lipinski definition) is 4. The van der Waals surface area contributed by atoms with Gasteiger partial charge in [0.1, 0.15) is 0 Å². The van der Waals surface area contributed by atoms with E-state index in [1.807, 2.05) is 0 Å². The van der Waals surface area contributed by atoms with Crippen molar-refractivity contribution in [2.45, 2.75) is 12.7 Å². The number of Topliss-reactive ketones (excluding diaryl/α,β-unsaturated/α-hetero) is 1. The molecule has 0 saturated heterocycles. The molecular weight excluding hydrogens is 172 g/mol. The first-order valence-electron chi connectivity index (χ1n) is 3.82. The van der Waals surface area contributed by atoms with Gasteiger partial charge in [0.25, 0.3) is 5.78 Å². The first kappa shape index (κ1) is 9.95. The van der Waals surface area contributed by atoms with Crippen LogP contribution >= 0.6 is 0 Å². The van der Waals surface area contributed by atoms with E-state index in [9.17, 15) is 4.79 Å². The summed E-state index contributed by atoms with van der Waals surface area (Å²) in [6.07, 6.45) is 1.43. The highest BCUT2D eigenvalue weighted by atomic mass is 16.7. The first-order valence-corrected chi connectivity index (χ1v) is 3.82.